The Morgan fingerprint density at radius 2 is 2.00 bits per heavy atom. The van der Waals surface area contributed by atoms with Crippen LogP contribution in [-0.2, 0) is 21.9 Å². The van der Waals surface area contributed by atoms with Crippen LogP contribution in [0.1, 0.15) is 30.0 Å². The van der Waals surface area contributed by atoms with Crippen molar-refractivity contribution in [2.45, 2.75) is 32.6 Å². The van der Waals surface area contributed by atoms with Crippen molar-refractivity contribution in [3.05, 3.63) is 58.9 Å². The molecule has 0 unspecified atom stereocenters. The first-order valence-corrected chi connectivity index (χ1v) is 9.55. The smallest absolute Gasteiger partial charge is 0.293 e. The largest absolute Gasteiger partial charge is 0.463 e. The quantitative estimate of drug-likeness (QED) is 0.471. The lowest BCUT2D eigenvalue weighted by atomic mass is 10.1. The van der Waals surface area contributed by atoms with E-state index in [-0.39, 0.29) is 12.4 Å². The van der Waals surface area contributed by atoms with Gasteiger partial charge in [-0.25, -0.2) is 4.39 Å². The minimum absolute atomic E-state index is 0.0436. The molecule has 0 spiro atoms. The highest BCUT2D eigenvalue weighted by molar-refractivity contribution is 7.99. The number of halogens is 1. The van der Waals surface area contributed by atoms with E-state index in [4.69, 9.17) is 4.74 Å². The van der Waals surface area contributed by atoms with Gasteiger partial charge in [-0.3, -0.25) is 4.79 Å². The fraction of sp³-hybridized carbons (Fsp3) is 0.350. The molecule has 0 atom stereocenters. The molecule has 6 heteroatoms. The number of anilines is 2. The number of carbonyl (C=O) groups excluding carboxylic acids is 1. The first-order valence-electron chi connectivity index (χ1n) is 8.57. The van der Waals surface area contributed by atoms with Crippen LogP contribution in [0, 0.1) is 12.7 Å². The molecule has 0 radical (unpaired) electrons. The molecule has 4 nitrogen and oxygen atoms in total. The van der Waals surface area contributed by atoms with Gasteiger partial charge < -0.3 is 14.4 Å². The van der Waals surface area contributed by atoms with Gasteiger partial charge in [-0.2, -0.15) is 0 Å². The Balaban J connectivity index is 2.11. The van der Waals surface area contributed by atoms with Gasteiger partial charge in [0.05, 0.1) is 5.69 Å². The second kappa shape index (κ2) is 10.1. The lowest BCUT2D eigenvalue weighted by molar-refractivity contribution is -0.129. The Morgan fingerprint density at radius 1 is 1.27 bits per heavy atom. The minimum atomic E-state index is -0.327. The van der Waals surface area contributed by atoms with Crippen LogP contribution < -0.4 is 9.62 Å². The van der Waals surface area contributed by atoms with E-state index < -0.39 is 0 Å². The summed E-state index contributed by atoms with van der Waals surface area (Å²) < 4.78 is 22.7. The average molecular weight is 376 g/mol. The maximum absolute atomic E-state index is 14.7. The zero-order valence-corrected chi connectivity index (χ0v) is 16.2. The maximum atomic E-state index is 14.7. The fourth-order valence-electron chi connectivity index (χ4n) is 2.71. The Morgan fingerprint density at radius 3 is 2.65 bits per heavy atom. The molecule has 0 aromatic heterocycles. The van der Waals surface area contributed by atoms with Crippen LogP contribution in [0.5, 0.6) is 0 Å². The van der Waals surface area contributed by atoms with Crippen LogP contribution in [0.25, 0.3) is 0 Å². The molecule has 0 aliphatic heterocycles. The van der Waals surface area contributed by atoms with Crippen molar-refractivity contribution in [2.75, 3.05) is 23.2 Å². The highest BCUT2D eigenvalue weighted by Gasteiger charge is 2.15. The minimum Gasteiger partial charge on any atom is -0.463 e. The molecule has 1 N–H and O–H groups in total. The summed E-state index contributed by atoms with van der Waals surface area (Å²) in [5, 5.41) is 0. The van der Waals surface area contributed by atoms with Gasteiger partial charge in [0.2, 0.25) is 0 Å². The molecular weight excluding hydrogens is 351 g/mol. The zero-order valence-electron chi connectivity index (χ0n) is 15.4. The van der Waals surface area contributed by atoms with E-state index in [0.29, 0.717) is 23.4 Å². The van der Waals surface area contributed by atoms with Crippen LogP contribution in [-0.4, -0.2) is 20.1 Å². The number of hydrogen-bond acceptors (Lipinski definition) is 5. The summed E-state index contributed by atoms with van der Waals surface area (Å²) in [5.41, 5.74) is 4.19. The van der Waals surface area contributed by atoms with E-state index in [2.05, 4.69) is 35.9 Å². The zero-order chi connectivity index (χ0) is 18.9. The van der Waals surface area contributed by atoms with Crippen LogP contribution in [0.3, 0.4) is 0 Å². The summed E-state index contributed by atoms with van der Waals surface area (Å²) in [4.78, 5) is 12.4. The van der Waals surface area contributed by atoms with Gasteiger partial charge in [0, 0.05) is 30.6 Å². The van der Waals surface area contributed by atoms with Crippen molar-refractivity contribution in [3.8, 4) is 0 Å². The Kier molecular flexibility index (Phi) is 7.78. The Hall–Kier alpha value is -2.21. The van der Waals surface area contributed by atoms with E-state index >= 15 is 0 Å². The number of nitrogens with zero attached hydrogens (tertiary/aromatic N) is 1. The second-order valence-electron chi connectivity index (χ2n) is 6.17. The molecule has 0 saturated carbocycles. The number of ether oxygens (including phenoxy) is 1. The SMILES string of the molecule is CCCN(C)c1c(F)cc(NSCc2ccc(C)cc2)cc1COC=O. The maximum Gasteiger partial charge on any atom is 0.293 e. The Bertz CT molecular complexity index is 722. The molecule has 0 saturated heterocycles. The van der Waals surface area contributed by atoms with Gasteiger partial charge in [-0.1, -0.05) is 36.8 Å². The molecule has 140 valence electrons. The van der Waals surface area contributed by atoms with Crippen molar-refractivity contribution in [3.63, 3.8) is 0 Å². The summed E-state index contributed by atoms with van der Waals surface area (Å²) in [7, 11) is 1.84. The predicted molar refractivity (Wildman–Crippen MR) is 107 cm³/mol. The van der Waals surface area contributed by atoms with Crippen molar-refractivity contribution in [2.24, 2.45) is 0 Å². The van der Waals surface area contributed by atoms with Crippen molar-refractivity contribution in [1.29, 1.82) is 0 Å². The molecule has 0 aliphatic rings. The summed E-state index contributed by atoms with van der Waals surface area (Å²) in [6.45, 7) is 5.24. The summed E-state index contributed by atoms with van der Waals surface area (Å²) >= 11 is 1.49. The summed E-state index contributed by atoms with van der Waals surface area (Å²) in [5.74, 6) is 0.436. The number of carbonyl (C=O) groups is 1. The third-order valence-electron chi connectivity index (χ3n) is 3.94. The van der Waals surface area contributed by atoms with E-state index in [1.807, 2.05) is 24.9 Å². The highest BCUT2D eigenvalue weighted by atomic mass is 32.2. The van der Waals surface area contributed by atoms with Gasteiger partial charge in [0.25, 0.3) is 6.47 Å². The third-order valence-corrected chi connectivity index (χ3v) is 4.80. The molecular formula is C20H25FN2O2S. The third kappa shape index (κ3) is 5.66. The normalized spacial score (nSPS) is 10.5. The number of benzene rings is 2. The van der Waals surface area contributed by atoms with E-state index in [9.17, 15) is 9.18 Å². The number of nitrogens with one attached hydrogen (secondary N) is 1. The number of hydrogen-bond donors (Lipinski definition) is 1. The lowest BCUT2D eigenvalue weighted by Gasteiger charge is -2.23. The molecule has 0 fully saturated rings. The van der Waals surface area contributed by atoms with Gasteiger partial charge in [0.15, 0.2) is 0 Å². The monoisotopic (exact) mass is 376 g/mol. The van der Waals surface area contributed by atoms with Gasteiger partial charge in [-0.15, -0.1) is 0 Å². The molecule has 0 heterocycles. The highest BCUT2D eigenvalue weighted by Crippen LogP contribution is 2.30. The molecule has 0 amide bonds. The number of rotatable bonds is 10. The van der Waals surface area contributed by atoms with Crippen LogP contribution in [0.15, 0.2) is 36.4 Å². The fourth-order valence-corrected chi connectivity index (χ4v) is 3.43. The Labute approximate surface area is 158 Å². The average Bonchev–Trinajstić information content (AvgIpc) is 2.61. The molecule has 2 rings (SSSR count). The van der Waals surface area contributed by atoms with Crippen LogP contribution in [0.4, 0.5) is 15.8 Å². The summed E-state index contributed by atoms with van der Waals surface area (Å²) in [6, 6.07) is 11.6. The summed E-state index contributed by atoms with van der Waals surface area (Å²) in [6.07, 6.45) is 0.899. The van der Waals surface area contributed by atoms with Gasteiger partial charge >= 0.3 is 0 Å². The number of aryl methyl sites for hydroxylation is 1. The van der Waals surface area contributed by atoms with E-state index in [1.165, 1.54) is 29.1 Å². The molecule has 26 heavy (non-hydrogen) atoms. The molecule has 2 aromatic rings. The van der Waals surface area contributed by atoms with Crippen molar-refractivity contribution >= 4 is 29.8 Å². The topological polar surface area (TPSA) is 41.6 Å². The lowest BCUT2D eigenvalue weighted by Crippen LogP contribution is -2.21. The molecule has 2 aromatic carbocycles. The van der Waals surface area contributed by atoms with Gasteiger partial charge in [0.1, 0.15) is 12.4 Å². The predicted octanol–water partition coefficient (Wildman–Crippen LogP) is 4.91. The first kappa shape index (κ1) is 20.1. The first-order chi connectivity index (χ1) is 12.5. The molecule has 0 aliphatic carbocycles. The van der Waals surface area contributed by atoms with E-state index in [1.54, 1.807) is 0 Å². The molecule has 0 bridgehead atoms. The van der Waals surface area contributed by atoms with Crippen molar-refractivity contribution in [1.82, 2.24) is 0 Å². The van der Waals surface area contributed by atoms with Crippen LogP contribution in [0.2, 0.25) is 0 Å². The van der Waals surface area contributed by atoms with Crippen LogP contribution >= 0.6 is 11.9 Å². The second-order valence-corrected chi connectivity index (χ2v) is 6.95. The van der Waals surface area contributed by atoms with Crippen molar-refractivity contribution < 1.29 is 13.9 Å². The van der Waals surface area contributed by atoms with Gasteiger partial charge in [-0.05, 0) is 43.0 Å². The van der Waals surface area contributed by atoms with E-state index in [0.717, 1.165) is 18.7 Å². The standard InChI is InChI=1S/C20H25FN2O2S/c1-4-9-23(3)20-17(12-25-14-24)10-18(11-19(20)21)22-26-13-16-7-5-15(2)6-8-16/h5-8,10-11,14,22H,4,9,12-13H2,1-3H3.